The molecule has 1 aromatic carbocycles. The van der Waals surface area contributed by atoms with E-state index in [1.165, 1.54) is 11.3 Å². The molecule has 0 aliphatic heterocycles. The lowest BCUT2D eigenvalue weighted by Gasteiger charge is -2.07. The Labute approximate surface area is 114 Å². The van der Waals surface area contributed by atoms with Gasteiger partial charge in [0.25, 0.3) is 0 Å². The van der Waals surface area contributed by atoms with Crippen molar-refractivity contribution in [1.29, 1.82) is 0 Å². The van der Waals surface area contributed by atoms with Gasteiger partial charge in [-0.2, -0.15) is 0 Å². The number of ether oxygens (including phenoxy) is 1. The second kappa shape index (κ2) is 6.26. The summed E-state index contributed by atoms with van der Waals surface area (Å²) in [7, 11) is 0. The quantitative estimate of drug-likeness (QED) is 0.671. The Morgan fingerprint density at radius 3 is 2.47 bits per heavy atom. The number of hydrogen-bond acceptors (Lipinski definition) is 5. The molecule has 1 heterocycles. The van der Waals surface area contributed by atoms with Crippen molar-refractivity contribution in [3.8, 4) is 0 Å². The first-order valence-electron chi connectivity index (χ1n) is 5.69. The third-order valence-corrected chi connectivity index (χ3v) is 3.33. The van der Waals surface area contributed by atoms with E-state index in [0.717, 1.165) is 0 Å². The molecule has 0 radical (unpaired) electrons. The number of carbonyl (C=O) groups is 2. The Balaban J connectivity index is 2.31. The van der Waals surface area contributed by atoms with Crippen molar-refractivity contribution in [1.82, 2.24) is 0 Å². The molecule has 4 nitrogen and oxygen atoms in total. The van der Waals surface area contributed by atoms with E-state index in [1.807, 2.05) is 0 Å². The lowest BCUT2D eigenvalue weighted by atomic mass is 10.0. The molecule has 0 unspecified atom stereocenters. The van der Waals surface area contributed by atoms with Crippen molar-refractivity contribution < 1.29 is 19.4 Å². The number of esters is 1. The molecule has 0 atom stereocenters. The maximum Gasteiger partial charge on any atom is 0.338 e. The standard InChI is InChI=1S/C14H12O4S/c15-7-8-18-14(17)11-5-2-1-4-10(11)13(16)12-6-3-9-19-12/h1-6,9,15H,7-8H2. The van der Waals surface area contributed by atoms with Crippen LogP contribution in [0.25, 0.3) is 0 Å². The van der Waals surface area contributed by atoms with Crippen LogP contribution in [0.5, 0.6) is 0 Å². The molecule has 0 spiro atoms. The molecule has 2 rings (SSSR count). The Kier molecular flexibility index (Phi) is 4.43. The van der Waals surface area contributed by atoms with Gasteiger partial charge in [-0.15, -0.1) is 11.3 Å². The van der Waals surface area contributed by atoms with E-state index in [-0.39, 0.29) is 24.6 Å². The van der Waals surface area contributed by atoms with Gasteiger partial charge < -0.3 is 9.84 Å². The van der Waals surface area contributed by atoms with Crippen LogP contribution in [0.15, 0.2) is 41.8 Å². The van der Waals surface area contributed by atoms with Gasteiger partial charge in [0.1, 0.15) is 6.61 Å². The molecular formula is C14H12O4S. The topological polar surface area (TPSA) is 63.6 Å². The highest BCUT2D eigenvalue weighted by molar-refractivity contribution is 7.12. The summed E-state index contributed by atoms with van der Waals surface area (Å²) in [6.45, 7) is -0.326. The highest BCUT2D eigenvalue weighted by Gasteiger charge is 2.19. The molecule has 0 aliphatic rings. The number of carbonyl (C=O) groups excluding carboxylic acids is 2. The van der Waals surface area contributed by atoms with Crippen LogP contribution in [-0.2, 0) is 4.74 Å². The van der Waals surface area contributed by atoms with Crippen molar-refractivity contribution >= 4 is 23.1 Å². The van der Waals surface area contributed by atoms with Gasteiger partial charge >= 0.3 is 5.97 Å². The van der Waals surface area contributed by atoms with E-state index in [2.05, 4.69) is 0 Å². The monoisotopic (exact) mass is 276 g/mol. The molecule has 1 N–H and O–H groups in total. The molecule has 0 saturated heterocycles. The van der Waals surface area contributed by atoms with Crippen molar-refractivity contribution in [2.24, 2.45) is 0 Å². The minimum Gasteiger partial charge on any atom is -0.460 e. The number of rotatable bonds is 5. The smallest absolute Gasteiger partial charge is 0.338 e. The maximum atomic E-state index is 12.3. The average molecular weight is 276 g/mol. The molecule has 0 bridgehead atoms. The van der Waals surface area contributed by atoms with E-state index in [9.17, 15) is 9.59 Å². The minimum atomic E-state index is -0.602. The molecule has 0 aliphatic carbocycles. The van der Waals surface area contributed by atoms with Crippen LogP contribution in [0, 0.1) is 0 Å². The maximum absolute atomic E-state index is 12.3. The van der Waals surface area contributed by atoms with Crippen LogP contribution in [-0.4, -0.2) is 30.1 Å². The van der Waals surface area contributed by atoms with Crippen LogP contribution >= 0.6 is 11.3 Å². The van der Waals surface area contributed by atoms with Crippen LogP contribution in [0.1, 0.15) is 25.6 Å². The predicted octanol–water partition coefficient (Wildman–Crippen LogP) is 2.13. The zero-order valence-corrected chi connectivity index (χ0v) is 10.9. The van der Waals surface area contributed by atoms with Gasteiger partial charge in [-0.25, -0.2) is 4.79 Å². The molecule has 0 amide bonds. The van der Waals surface area contributed by atoms with Crippen molar-refractivity contribution in [2.45, 2.75) is 0 Å². The number of hydrogen-bond donors (Lipinski definition) is 1. The van der Waals surface area contributed by atoms with E-state index >= 15 is 0 Å². The lowest BCUT2D eigenvalue weighted by Crippen LogP contribution is -2.13. The first-order valence-corrected chi connectivity index (χ1v) is 6.57. The normalized spacial score (nSPS) is 10.2. The number of aliphatic hydroxyl groups excluding tert-OH is 1. The Morgan fingerprint density at radius 1 is 1.11 bits per heavy atom. The first-order chi connectivity index (χ1) is 9.24. The van der Waals surface area contributed by atoms with Crippen LogP contribution < -0.4 is 0 Å². The summed E-state index contributed by atoms with van der Waals surface area (Å²) >= 11 is 1.32. The second-order valence-electron chi connectivity index (χ2n) is 3.71. The largest absolute Gasteiger partial charge is 0.460 e. The summed E-state index contributed by atoms with van der Waals surface area (Å²) in [5.74, 6) is -0.805. The van der Waals surface area contributed by atoms with Gasteiger partial charge in [0.05, 0.1) is 17.0 Å². The van der Waals surface area contributed by atoms with E-state index < -0.39 is 5.97 Å². The zero-order chi connectivity index (χ0) is 13.7. The number of benzene rings is 1. The second-order valence-corrected chi connectivity index (χ2v) is 4.66. The lowest BCUT2D eigenvalue weighted by molar-refractivity contribution is 0.0431. The molecule has 1 aromatic heterocycles. The molecule has 5 heteroatoms. The Bertz CT molecular complexity index is 575. The summed E-state index contributed by atoms with van der Waals surface area (Å²) in [5, 5.41) is 10.5. The van der Waals surface area contributed by atoms with Crippen LogP contribution in [0.4, 0.5) is 0 Å². The fourth-order valence-electron chi connectivity index (χ4n) is 1.62. The third kappa shape index (κ3) is 3.07. The highest BCUT2D eigenvalue weighted by Crippen LogP contribution is 2.18. The van der Waals surface area contributed by atoms with E-state index in [1.54, 1.807) is 41.8 Å². The fourth-order valence-corrected chi connectivity index (χ4v) is 2.29. The Hall–Kier alpha value is -1.98. The van der Waals surface area contributed by atoms with Crippen molar-refractivity contribution in [3.05, 3.63) is 57.8 Å². The number of aliphatic hydroxyl groups is 1. The van der Waals surface area contributed by atoms with Gasteiger partial charge in [0.2, 0.25) is 5.78 Å². The number of ketones is 1. The van der Waals surface area contributed by atoms with Crippen molar-refractivity contribution in [2.75, 3.05) is 13.2 Å². The van der Waals surface area contributed by atoms with Gasteiger partial charge in [0, 0.05) is 5.56 Å². The summed E-state index contributed by atoms with van der Waals surface area (Å²) < 4.78 is 4.85. The van der Waals surface area contributed by atoms with Gasteiger partial charge in [-0.05, 0) is 17.5 Å². The SMILES string of the molecule is O=C(OCCO)c1ccccc1C(=O)c1cccs1. The zero-order valence-electron chi connectivity index (χ0n) is 10.0. The minimum absolute atomic E-state index is 0.0830. The van der Waals surface area contributed by atoms with Gasteiger partial charge in [0.15, 0.2) is 0 Å². The third-order valence-electron chi connectivity index (χ3n) is 2.46. The molecule has 98 valence electrons. The summed E-state index contributed by atoms with van der Waals surface area (Å²) in [6.07, 6.45) is 0. The summed E-state index contributed by atoms with van der Waals surface area (Å²) in [4.78, 5) is 24.6. The first kappa shape index (κ1) is 13.5. The Morgan fingerprint density at radius 2 is 1.84 bits per heavy atom. The van der Waals surface area contributed by atoms with Crippen LogP contribution in [0.3, 0.4) is 0 Å². The van der Waals surface area contributed by atoms with Crippen LogP contribution in [0.2, 0.25) is 0 Å². The molecule has 2 aromatic rings. The summed E-state index contributed by atoms with van der Waals surface area (Å²) in [5.41, 5.74) is 0.530. The molecular weight excluding hydrogens is 264 g/mol. The summed E-state index contributed by atoms with van der Waals surface area (Å²) in [6, 6.07) is 10.00. The van der Waals surface area contributed by atoms with Crippen molar-refractivity contribution in [3.63, 3.8) is 0 Å². The highest BCUT2D eigenvalue weighted by atomic mass is 32.1. The molecule has 0 saturated carbocycles. The molecule has 19 heavy (non-hydrogen) atoms. The molecule has 0 fully saturated rings. The van der Waals surface area contributed by atoms with E-state index in [0.29, 0.717) is 10.4 Å². The van der Waals surface area contributed by atoms with Gasteiger partial charge in [-0.1, -0.05) is 24.3 Å². The van der Waals surface area contributed by atoms with Gasteiger partial charge in [-0.3, -0.25) is 4.79 Å². The predicted molar refractivity (Wildman–Crippen MR) is 71.6 cm³/mol. The van der Waals surface area contributed by atoms with E-state index in [4.69, 9.17) is 9.84 Å². The average Bonchev–Trinajstić information content (AvgIpc) is 2.98. The number of thiophene rings is 1. The fraction of sp³-hybridized carbons (Fsp3) is 0.143.